The first-order chi connectivity index (χ1) is 12.1. The Morgan fingerprint density at radius 1 is 1.24 bits per heavy atom. The third kappa shape index (κ3) is 3.29. The van der Waals surface area contributed by atoms with Crippen molar-refractivity contribution < 1.29 is 9.13 Å². The van der Waals surface area contributed by atoms with Crippen LogP contribution in [-0.4, -0.2) is 49.6 Å². The molecular formula is C18H22FN5O. The van der Waals surface area contributed by atoms with Crippen molar-refractivity contribution in [2.24, 2.45) is 14.1 Å². The highest BCUT2D eigenvalue weighted by Crippen LogP contribution is 2.21. The molecule has 2 aromatic heterocycles. The van der Waals surface area contributed by atoms with Gasteiger partial charge in [-0.15, -0.1) is 0 Å². The molecule has 1 saturated heterocycles. The maximum Gasteiger partial charge on any atom is 0.140 e. The van der Waals surface area contributed by atoms with E-state index >= 15 is 0 Å². The third-order valence-electron chi connectivity index (χ3n) is 4.74. The first kappa shape index (κ1) is 16.2. The van der Waals surface area contributed by atoms with Crippen molar-refractivity contribution >= 4 is 11.0 Å². The molecule has 0 bridgehead atoms. The van der Waals surface area contributed by atoms with E-state index < -0.39 is 12.3 Å². The number of imidazole rings is 1. The molecule has 0 saturated carbocycles. The van der Waals surface area contributed by atoms with Crippen molar-refractivity contribution in [1.82, 2.24) is 24.2 Å². The van der Waals surface area contributed by atoms with Crippen molar-refractivity contribution in [1.29, 1.82) is 0 Å². The summed E-state index contributed by atoms with van der Waals surface area (Å²) in [6.07, 6.45) is 2.38. The number of aryl methyl sites for hydroxylation is 2. The van der Waals surface area contributed by atoms with Gasteiger partial charge in [0, 0.05) is 45.5 Å². The van der Waals surface area contributed by atoms with E-state index in [1.165, 1.54) is 0 Å². The summed E-state index contributed by atoms with van der Waals surface area (Å²) in [5, 5.41) is 4.16. The summed E-state index contributed by atoms with van der Waals surface area (Å²) in [5.74, 6) is 0.819. The van der Waals surface area contributed by atoms with E-state index in [1.807, 2.05) is 55.3 Å². The number of benzene rings is 1. The lowest BCUT2D eigenvalue weighted by molar-refractivity contribution is 0.00749. The molecule has 4 rings (SSSR count). The van der Waals surface area contributed by atoms with Gasteiger partial charge in [-0.05, 0) is 12.1 Å². The second kappa shape index (κ2) is 6.57. The van der Waals surface area contributed by atoms with Gasteiger partial charge in [0.2, 0.25) is 0 Å². The van der Waals surface area contributed by atoms with E-state index in [9.17, 15) is 4.39 Å². The van der Waals surface area contributed by atoms with Gasteiger partial charge in [0.15, 0.2) is 0 Å². The highest BCUT2D eigenvalue weighted by Gasteiger charge is 2.34. The molecule has 1 fully saturated rings. The second-order valence-corrected chi connectivity index (χ2v) is 6.66. The molecule has 0 aliphatic carbocycles. The number of ether oxygens (including phenoxy) is 1. The van der Waals surface area contributed by atoms with Crippen LogP contribution < -0.4 is 0 Å². The van der Waals surface area contributed by atoms with E-state index in [2.05, 4.69) is 15.0 Å². The minimum Gasteiger partial charge on any atom is -0.366 e. The molecule has 25 heavy (non-hydrogen) atoms. The minimum atomic E-state index is -0.980. The Bertz CT molecular complexity index is 873. The highest BCUT2D eigenvalue weighted by atomic mass is 19.1. The molecule has 2 unspecified atom stereocenters. The summed E-state index contributed by atoms with van der Waals surface area (Å²) in [7, 11) is 3.85. The quantitative estimate of drug-likeness (QED) is 0.711. The maximum absolute atomic E-state index is 14.3. The zero-order valence-corrected chi connectivity index (χ0v) is 14.5. The molecule has 132 valence electrons. The fraction of sp³-hybridized carbons (Fsp3) is 0.444. The van der Waals surface area contributed by atoms with E-state index in [1.54, 1.807) is 4.68 Å². The number of rotatable bonds is 5. The lowest BCUT2D eigenvalue weighted by atomic mass is 10.3. The summed E-state index contributed by atoms with van der Waals surface area (Å²) < 4.78 is 24.0. The van der Waals surface area contributed by atoms with Gasteiger partial charge in [-0.1, -0.05) is 12.1 Å². The third-order valence-corrected chi connectivity index (χ3v) is 4.74. The molecule has 0 amide bonds. The minimum absolute atomic E-state index is 0.316. The number of aromatic nitrogens is 4. The van der Waals surface area contributed by atoms with E-state index in [0.29, 0.717) is 26.2 Å². The van der Waals surface area contributed by atoms with Crippen molar-refractivity contribution in [3.8, 4) is 0 Å². The average Bonchev–Trinajstić information content (AvgIpc) is 3.25. The summed E-state index contributed by atoms with van der Waals surface area (Å²) in [5.41, 5.74) is 3.08. The Labute approximate surface area is 145 Å². The number of para-hydroxylation sites is 2. The summed E-state index contributed by atoms with van der Waals surface area (Å²) in [6, 6.07) is 7.95. The molecule has 7 heteroatoms. The van der Waals surface area contributed by atoms with Crippen LogP contribution >= 0.6 is 0 Å². The largest absolute Gasteiger partial charge is 0.366 e. The molecule has 3 heterocycles. The van der Waals surface area contributed by atoms with Gasteiger partial charge < -0.3 is 9.30 Å². The van der Waals surface area contributed by atoms with Gasteiger partial charge in [0.25, 0.3) is 0 Å². The average molecular weight is 343 g/mol. The van der Waals surface area contributed by atoms with Crippen LogP contribution in [0.25, 0.3) is 11.0 Å². The topological polar surface area (TPSA) is 48.1 Å². The molecule has 6 nitrogen and oxygen atoms in total. The fourth-order valence-electron chi connectivity index (χ4n) is 3.41. The Hall–Kier alpha value is -2.25. The van der Waals surface area contributed by atoms with Crippen molar-refractivity contribution in [2.75, 3.05) is 13.1 Å². The zero-order valence-electron chi connectivity index (χ0n) is 14.5. The Morgan fingerprint density at radius 3 is 2.84 bits per heavy atom. The molecule has 0 N–H and O–H groups in total. The van der Waals surface area contributed by atoms with Crippen LogP contribution in [0.3, 0.4) is 0 Å². The lowest BCUT2D eigenvalue weighted by Crippen LogP contribution is -2.25. The number of halogens is 1. The van der Waals surface area contributed by atoms with Crippen LogP contribution in [0.2, 0.25) is 0 Å². The van der Waals surface area contributed by atoms with Gasteiger partial charge in [-0.3, -0.25) is 9.58 Å². The highest BCUT2D eigenvalue weighted by molar-refractivity contribution is 5.75. The van der Waals surface area contributed by atoms with Gasteiger partial charge in [0.1, 0.15) is 24.7 Å². The summed E-state index contributed by atoms with van der Waals surface area (Å²) >= 11 is 0. The molecule has 1 aliphatic rings. The standard InChI is InChI=1S/C18H22FN5O/c1-22-8-13(7-20-22)9-24-10-14(19)17(11-24)25-12-18-21-15-5-3-4-6-16(15)23(18)2/h3-8,14,17H,9-12H2,1-2H3. The first-order valence-electron chi connectivity index (χ1n) is 8.46. The van der Waals surface area contributed by atoms with Crippen LogP contribution in [0.1, 0.15) is 11.4 Å². The first-order valence-corrected chi connectivity index (χ1v) is 8.46. The van der Waals surface area contributed by atoms with Crippen LogP contribution in [0.5, 0.6) is 0 Å². The summed E-state index contributed by atoms with van der Waals surface area (Å²) in [4.78, 5) is 6.65. The van der Waals surface area contributed by atoms with E-state index in [-0.39, 0.29) is 0 Å². The van der Waals surface area contributed by atoms with Crippen molar-refractivity contribution in [2.45, 2.75) is 25.4 Å². The van der Waals surface area contributed by atoms with Gasteiger partial charge >= 0.3 is 0 Å². The lowest BCUT2D eigenvalue weighted by Gasteiger charge is -2.15. The van der Waals surface area contributed by atoms with Gasteiger partial charge in [-0.25, -0.2) is 9.37 Å². The molecule has 2 atom stereocenters. The van der Waals surface area contributed by atoms with Crippen LogP contribution in [0, 0.1) is 0 Å². The Morgan fingerprint density at radius 2 is 2.08 bits per heavy atom. The van der Waals surface area contributed by atoms with Crippen molar-refractivity contribution in [3.05, 3.63) is 48.0 Å². The van der Waals surface area contributed by atoms with E-state index in [0.717, 1.165) is 22.4 Å². The Kier molecular flexibility index (Phi) is 4.27. The number of likely N-dealkylation sites (tertiary alicyclic amines) is 1. The molecule has 3 aromatic rings. The SMILES string of the molecule is Cn1cc(CN2CC(F)C(OCc3nc4ccccc4n3C)C2)cn1. The van der Waals surface area contributed by atoms with Crippen molar-refractivity contribution in [3.63, 3.8) is 0 Å². The van der Waals surface area contributed by atoms with Crippen LogP contribution in [-0.2, 0) is 32.0 Å². The molecule has 1 aromatic carbocycles. The normalized spacial score (nSPS) is 21.4. The fourth-order valence-corrected chi connectivity index (χ4v) is 3.41. The second-order valence-electron chi connectivity index (χ2n) is 6.66. The predicted molar refractivity (Wildman–Crippen MR) is 92.7 cm³/mol. The zero-order chi connectivity index (χ0) is 17.4. The maximum atomic E-state index is 14.3. The Balaban J connectivity index is 1.38. The van der Waals surface area contributed by atoms with E-state index in [4.69, 9.17) is 4.74 Å². The summed E-state index contributed by atoms with van der Waals surface area (Å²) in [6.45, 7) is 1.99. The van der Waals surface area contributed by atoms with Crippen LogP contribution in [0.15, 0.2) is 36.7 Å². The molecule has 0 radical (unpaired) electrons. The molecule has 1 aliphatic heterocycles. The molecule has 0 spiro atoms. The van der Waals surface area contributed by atoms with Gasteiger partial charge in [0.05, 0.1) is 17.2 Å². The van der Waals surface area contributed by atoms with Gasteiger partial charge in [-0.2, -0.15) is 5.10 Å². The number of hydrogen-bond acceptors (Lipinski definition) is 4. The smallest absolute Gasteiger partial charge is 0.140 e. The number of hydrogen-bond donors (Lipinski definition) is 0. The molecular weight excluding hydrogens is 321 g/mol. The number of fused-ring (bicyclic) bond motifs is 1. The number of nitrogens with zero attached hydrogens (tertiary/aromatic N) is 5. The number of alkyl halides is 1. The monoisotopic (exact) mass is 343 g/mol. The predicted octanol–water partition coefficient (Wildman–Crippen LogP) is 2.05. The van der Waals surface area contributed by atoms with Crippen LogP contribution in [0.4, 0.5) is 4.39 Å².